The Hall–Kier alpha value is -3.05. The average Bonchev–Trinajstić information content (AvgIpc) is 3.38. The number of hydrogen-bond donors (Lipinski definition) is 0. The van der Waals surface area contributed by atoms with Crippen LogP contribution in [0.15, 0.2) is 58.5 Å². The molecule has 0 aliphatic heterocycles. The minimum atomic E-state index is 0. The molecule has 0 amide bonds. The zero-order chi connectivity index (χ0) is 49.9. The number of nitrogens with zero attached hydrogens (tertiary/aromatic N) is 2. The maximum atomic E-state index is 5.51. The molecule has 0 saturated carbocycles. The largest absolute Gasteiger partial charge is 0.250 e. The Morgan fingerprint density at radius 1 is 0.324 bits per heavy atom. The molecule has 0 aliphatic rings. The van der Waals surface area contributed by atoms with Gasteiger partial charge in [-0.05, 0) is 74.1 Å². The number of unbranched alkanes of at least 4 members (excludes halogenated alkanes) is 35. The SMILES string of the molecule is CCCCCCCCCCCCC#CCCc1ccccc1N=C(C#CCCCCCCCCCCCCCC)C(CCCCCC)=Nc1ccccc1CCC#CCCCCCCCCCCCC.[Ni]. The van der Waals surface area contributed by atoms with E-state index in [1.807, 2.05) is 0 Å². The molecule has 2 rings (SSSR count). The van der Waals surface area contributed by atoms with E-state index in [-0.39, 0.29) is 16.5 Å². The van der Waals surface area contributed by atoms with Crippen molar-refractivity contribution in [1.29, 1.82) is 0 Å². The zero-order valence-corrected chi connectivity index (χ0v) is 47.9. The number of rotatable bonds is 44. The maximum Gasteiger partial charge on any atom is 0.135 e. The molecular formula is C68H108N2Ni. The van der Waals surface area contributed by atoms with Gasteiger partial charge < -0.3 is 0 Å². The molecule has 0 radical (unpaired) electrons. The molecule has 0 atom stereocenters. The van der Waals surface area contributed by atoms with Crippen LogP contribution in [0.25, 0.3) is 0 Å². The van der Waals surface area contributed by atoms with Crippen molar-refractivity contribution >= 4 is 22.8 Å². The summed E-state index contributed by atoms with van der Waals surface area (Å²) < 4.78 is 0. The van der Waals surface area contributed by atoms with Gasteiger partial charge in [0.2, 0.25) is 0 Å². The van der Waals surface area contributed by atoms with Crippen LogP contribution in [0.4, 0.5) is 11.4 Å². The molecule has 0 aliphatic carbocycles. The van der Waals surface area contributed by atoms with Gasteiger partial charge in [-0.2, -0.15) is 0 Å². The molecule has 0 heterocycles. The molecule has 0 fully saturated rings. The van der Waals surface area contributed by atoms with E-state index in [4.69, 9.17) is 9.98 Å². The van der Waals surface area contributed by atoms with E-state index in [9.17, 15) is 0 Å². The topological polar surface area (TPSA) is 24.7 Å². The number of para-hydroxylation sites is 2. The van der Waals surface area contributed by atoms with Gasteiger partial charge in [-0.15, -0.1) is 23.7 Å². The number of aryl methyl sites for hydroxylation is 2. The Balaban J connectivity index is 0.0000252. The van der Waals surface area contributed by atoms with E-state index in [0.29, 0.717) is 0 Å². The fourth-order valence-corrected chi connectivity index (χ4v) is 9.39. The summed E-state index contributed by atoms with van der Waals surface area (Å²) in [5.74, 6) is 21.3. The predicted octanol–water partition coefficient (Wildman–Crippen LogP) is 22.1. The molecule has 71 heavy (non-hydrogen) atoms. The van der Waals surface area contributed by atoms with Gasteiger partial charge in [0.1, 0.15) is 5.71 Å². The molecule has 2 nitrogen and oxygen atoms in total. The molecule has 2 aromatic carbocycles. The van der Waals surface area contributed by atoms with Crippen LogP contribution in [-0.4, -0.2) is 11.4 Å². The molecule has 0 spiro atoms. The summed E-state index contributed by atoms with van der Waals surface area (Å²) in [4.78, 5) is 11.0. The third-order valence-electron chi connectivity index (χ3n) is 14.0. The summed E-state index contributed by atoms with van der Waals surface area (Å²) in [6.45, 7) is 9.19. The van der Waals surface area contributed by atoms with E-state index in [1.165, 1.54) is 229 Å². The fourth-order valence-electron chi connectivity index (χ4n) is 9.39. The van der Waals surface area contributed by atoms with Crippen molar-refractivity contribution in [1.82, 2.24) is 0 Å². The predicted molar refractivity (Wildman–Crippen MR) is 314 cm³/mol. The monoisotopic (exact) mass is 1010 g/mol. The van der Waals surface area contributed by atoms with Gasteiger partial charge in [0.15, 0.2) is 0 Å². The van der Waals surface area contributed by atoms with Gasteiger partial charge in [-0.1, -0.05) is 275 Å². The molecule has 0 bridgehead atoms. The van der Waals surface area contributed by atoms with Crippen LogP contribution in [-0.2, 0) is 29.3 Å². The van der Waals surface area contributed by atoms with E-state index in [0.717, 1.165) is 87.0 Å². The summed E-state index contributed by atoms with van der Waals surface area (Å²) in [5, 5.41) is 0. The maximum absolute atomic E-state index is 5.51. The Morgan fingerprint density at radius 3 is 1.00 bits per heavy atom. The van der Waals surface area contributed by atoms with E-state index in [1.54, 1.807) is 0 Å². The molecule has 400 valence electrons. The van der Waals surface area contributed by atoms with Crippen molar-refractivity contribution in [2.45, 2.75) is 310 Å². The molecular weight excluding hydrogens is 903 g/mol. The second kappa shape index (κ2) is 51.8. The quantitative estimate of drug-likeness (QED) is 0.0274. The second-order valence-corrected chi connectivity index (χ2v) is 20.6. The third kappa shape index (κ3) is 39.1. The first-order valence-corrected chi connectivity index (χ1v) is 30.5. The molecule has 3 heteroatoms. The Labute approximate surface area is 452 Å². The first kappa shape index (κ1) is 66.0. The fraction of sp³-hybridized carbons (Fsp3) is 0.706. The summed E-state index contributed by atoms with van der Waals surface area (Å²) in [6, 6.07) is 17.4. The van der Waals surface area contributed by atoms with Crippen LogP contribution in [0.5, 0.6) is 0 Å². The van der Waals surface area contributed by atoms with Crippen molar-refractivity contribution < 1.29 is 16.5 Å². The van der Waals surface area contributed by atoms with E-state index < -0.39 is 0 Å². The first-order valence-electron chi connectivity index (χ1n) is 30.5. The standard InChI is InChI=1S/C68H108N2.Ni/c1-5-9-13-17-20-23-26-29-32-35-38-41-44-47-55-63-57-51-53-59-65(63)69-67(61-49-16-12-8-4)68(62-50-46-43-40-37-34-31-28-25-22-19-15-11-7-3)70-66-60-54-52-58-64(66)56-48-45-42-39-36-33-30-27-24-21-18-14-10-6-2;/h51-54,57-60H,5-40,43,46-49,55-56,61H2,1-4H3;. The molecule has 0 unspecified atom stereocenters. The third-order valence-corrected chi connectivity index (χ3v) is 14.0. The molecule has 2 aromatic rings. The van der Waals surface area contributed by atoms with Gasteiger partial charge in [0, 0.05) is 48.6 Å². The van der Waals surface area contributed by atoms with Crippen molar-refractivity contribution in [2.24, 2.45) is 9.98 Å². The Morgan fingerprint density at radius 2 is 0.620 bits per heavy atom. The van der Waals surface area contributed by atoms with Gasteiger partial charge in [0.25, 0.3) is 0 Å². The molecule has 0 aromatic heterocycles. The second-order valence-electron chi connectivity index (χ2n) is 20.6. The van der Waals surface area contributed by atoms with Crippen LogP contribution in [0.1, 0.15) is 308 Å². The normalized spacial score (nSPS) is 11.3. The minimum absolute atomic E-state index is 0. The first-order chi connectivity index (χ1) is 34.7. The van der Waals surface area contributed by atoms with Gasteiger partial charge in [0.05, 0.1) is 17.1 Å². The zero-order valence-electron chi connectivity index (χ0n) is 46.9. The van der Waals surface area contributed by atoms with Gasteiger partial charge in [-0.3, -0.25) is 4.99 Å². The Bertz CT molecular complexity index is 1770. The van der Waals surface area contributed by atoms with Gasteiger partial charge >= 0.3 is 0 Å². The van der Waals surface area contributed by atoms with Crippen molar-refractivity contribution in [2.75, 3.05) is 0 Å². The van der Waals surface area contributed by atoms with Crippen LogP contribution >= 0.6 is 0 Å². The van der Waals surface area contributed by atoms with Crippen LogP contribution in [0.2, 0.25) is 0 Å². The summed E-state index contributed by atoms with van der Waals surface area (Å²) in [7, 11) is 0. The summed E-state index contributed by atoms with van der Waals surface area (Å²) in [6.07, 6.45) is 55.7. The van der Waals surface area contributed by atoms with Gasteiger partial charge in [-0.25, -0.2) is 4.99 Å². The van der Waals surface area contributed by atoms with Crippen molar-refractivity contribution in [3.05, 3.63) is 59.7 Å². The Kier molecular flexibility index (Phi) is 48.2. The minimum Gasteiger partial charge on any atom is -0.250 e. The van der Waals surface area contributed by atoms with Crippen LogP contribution in [0.3, 0.4) is 0 Å². The van der Waals surface area contributed by atoms with E-state index in [2.05, 4.69) is 112 Å². The van der Waals surface area contributed by atoms with Crippen molar-refractivity contribution in [3.63, 3.8) is 0 Å². The molecule has 0 N–H and O–H groups in total. The molecule has 0 saturated heterocycles. The van der Waals surface area contributed by atoms with Crippen LogP contribution in [0, 0.1) is 35.5 Å². The van der Waals surface area contributed by atoms with Crippen LogP contribution < -0.4 is 0 Å². The average molecular weight is 1010 g/mol. The number of aliphatic imine (C=N–C) groups is 2. The smallest absolute Gasteiger partial charge is 0.135 e. The van der Waals surface area contributed by atoms with Crippen molar-refractivity contribution in [3.8, 4) is 35.5 Å². The van der Waals surface area contributed by atoms with E-state index >= 15 is 0 Å². The number of hydrogen-bond acceptors (Lipinski definition) is 2. The summed E-state index contributed by atoms with van der Waals surface area (Å²) in [5.41, 5.74) is 6.46. The number of benzene rings is 2. The summed E-state index contributed by atoms with van der Waals surface area (Å²) >= 11 is 0.